The molecule has 0 aliphatic heterocycles. The molecule has 104 valence electrons. The summed E-state index contributed by atoms with van der Waals surface area (Å²) in [6.07, 6.45) is 0. The Balaban J connectivity index is 2.41. The lowest BCUT2D eigenvalue weighted by Crippen LogP contribution is -2.15. The Morgan fingerprint density at radius 1 is 1.35 bits per heavy atom. The van der Waals surface area contributed by atoms with Gasteiger partial charge in [-0.2, -0.15) is 0 Å². The molecule has 0 aliphatic carbocycles. The fraction of sp³-hybridized carbons (Fsp3) is 0.0833. The number of aromatic carboxylic acids is 1. The van der Waals surface area contributed by atoms with Gasteiger partial charge in [-0.3, -0.25) is 4.79 Å². The predicted molar refractivity (Wildman–Crippen MR) is 83.6 cm³/mol. The number of carboxylic acids is 1. The third kappa shape index (κ3) is 3.08. The van der Waals surface area contributed by atoms with Gasteiger partial charge in [0.05, 0.1) is 22.5 Å². The number of hydrogen-bond donors (Lipinski definition) is 2. The number of nitrogens with one attached hydrogen (secondary N) is 1. The van der Waals surface area contributed by atoms with Gasteiger partial charge in [-0.15, -0.1) is 11.3 Å². The van der Waals surface area contributed by atoms with E-state index in [-0.39, 0.29) is 17.2 Å². The van der Waals surface area contributed by atoms with Crippen molar-refractivity contribution in [3.05, 3.63) is 42.7 Å². The molecule has 1 aromatic carbocycles. The molecule has 0 atom stereocenters. The van der Waals surface area contributed by atoms with Gasteiger partial charge in [-0.1, -0.05) is 15.9 Å². The van der Waals surface area contributed by atoms with Gasteiger partial charge in [0.2, 0.25) is 0 Å². The highest BCUT2D eigenvalue weighted by Gasteiger charge is 2.19. The molecule has 8 heteroatoms. The summed E-state index contributed by atoms with van der Waals surface area (Å²) < 4.78 is 1.09. The molecule has 2 aromatic rings. The van der Waals surface area contributed by atoms with Gasteiger partial charge in [0.25, 0.3) is 5.91 Å². The highest BCUT2D eigenvalue weighted by molar-refractivity contribution is 9.11. The summed E-state index contributed by atoms with van der Waals surface area (Å²) in [5.74, 6) is -1.50. The molecule has 1 amide bonds. The molecule has 0 spiro atoms. The highest BCUT2D eigenvalue weighted by atomic mass is 79.9. The first-order chi connectivity index (χ1) is 9.40. The zero-order chi connectivity index (χ0) is 14.9. The molecule has 0 bridgehead atoms. The number of rotatable bonds is 3. The number of aryl methyl sites for hydroxylation is 1. The smallest absolute Gasteiger partial charge is 0.337 e. The SMILES string of the molecule is Cc1ncsc1C(=O)Nc1c(Br)cc(Br)cc1C(=O)O. The van der Waals surface area contributed by atoms with Crippen molar-refractivity contribution in [1.82, 2.24) is 4.98 Å². The normalized spacial score (nSPS) is 10.3. The van der Waals surface area contributed by atoms with Crippen LogP contribution in [0.2, 0.25) is 0 Å². The van der Waals surface area contributed by atoms with Crippen LogP contribution in [0.15, 0.2) is 26.6 Å². The Labute approximate surface area is 135 Å². The molecule has 2 rings (SSSR count). The summed E-state index contributed by atoms with van der Waals surface area (Å²) in [6.45, 7) is 1.72. The van der Waals surface area contributed by atoms with E-state index in [1.165, 1.54) is 17.4 Å². The average Bonchev–Trinajstić information content (AvgIpc) is 2.78. The second-order valence-electron chi connectivity index (χ2n) is 3.84. The molecular formula is C12H8Br2N2O3S. The van der Waals surface area contributed by atoms with Crippen LogP contribution in [0, 0.1) is 6.92 Å². The van der Waals surface area contributed by atoms with Crippen LogP contribution >= 0.6 is 43.2 Å². The molecule has 0 saturated carbocycles. The third-order valence-corrected chi connectivity index (χ3v) is 4.49. The van der Waals surface area contributed by atoms with Gasteiger partial charge in [0.1, 0.15) is 4.88 Å². The van der Waals surface area contributed by atoms with E-state index in [4.69, 9.17) is 0 Å². The first kappa shape index (κ1) is 15.1. The van der Waals surface area contributed by atoms with Crippen molar-refractivity contribution in [3.63, 3.8) is 0 Å². The van der Waals surface area contributed by atoms with Crippen LogP contribution < -0.4 is 5.32 Å². The lowest BCUT2D eigenvalue weighted by molar-refractivity contribution is 0.0698. The number of anilines is 1. The summed E-state index contributed by atoms with van der Waals surface area (Å²) >= 11 is 7.68. The number of hydrogen-bond acceptors (Lipinski definition) is 4. The Morgan fingerprint density at radius 2 is 2.05 bits per heavy atom. The van der Waals surface area contributed by atoms with Crippen molar-refractivity contribution in [1.29, 1.82) is 0 Å². The van der Waals surface area contributed by atoms with Gasteiger partial charge in [-0.25, -0.2) is 9.78 Å². The number of carboxylic acid groups (broad SMARTS) is 1. The largest absolute Gasteiger partial charge is 0.478 e. The lowest BCUT2D eigenvalue weighted by atomic mass is 10.1. The Kier molecular flexibility index (Phi) is 4.56. The van der Waals surface area contributed by atoms with E-state index in [1.54, 1.807) is 18.5 Å². The van der Waals surface area contributed by atoms with Crippen molar-refractivity contribution >= 4 is 60.8 Å². The van der Waals surface area contributed by atoms with E-state index in [0.717, 1.165) is 0 Å². The molecule has 5 nitrogen and oxygen atoms in total. The highest BCUT2D eigenvalue weighted by Crippen LogP contribution is 2.31. The summed E-state index contributed by atoms with van der Waals surface area (Å²) in [6, 6.07) is 3.10. The Hall–Kier alpha value is -1.25. The van der Waals surface area contributed by atoms with Gasteiger partial charge in [0.15, 0.2) is 0 Å². The van der Waals surface area contributed by atoms with E-state index >= 15 is 0 Å². The Bertz CT molecular complexity index is 700. The number of thiazole rings is 1. The maximum Gasteiger partial charge on any atom is 0.337 e. The van der Waals surface area contributed by atoms with Crippen molar-refractivity contribution in [2.75, 3.05) is 5.32 Å². The number of amides is 1. The van der Waals surface area contributed by atoms with Gasteiger partial charge >= 0.3 is 5.97 Å². The molecular weight excluding hydrogens is 412 g/mol. The molecule has 20 heavy (non-hydrogen) atoms. The molecule has 0 aliphatic rings. The molecule has 0 saturated heterocycles. The molecule has 2 N–H and O–H groups in total. The molecule has 1 aromatic heterocycles. The third-order valence-electron chi connectivity index (χ3n) is 2.48. The van der Waals surface area contributed by atoms with E-state index in [0.29, 0.717) is 19.5 Å². The number of benzene rings is 1. The first-order valence-corrected chi connectivity index (χ1v) is 7.80. The summed E-state index contributed by atoms with van der Waals surface area (Å²) in [4.78, 5) is 27.9. The van der Waals surface area contributed by atoms with Crippen LogP contribution in [0.3, 0.4) is 0 Å². The zero-order valence-corrected chi connectivity index (χ0v) is 14.1. The van der Waals surface area contributed by atoms with Crippen LogP contribution in [0.1, 0.15) is 25.7 Å². The lowest BCUT2D eigenvalue weighted by Gasteiger charge is -2.11. The number of carbonyl (C=O) groups is 2. The number of aromatic nitrogens is 1. The topological polar surface area (TPSA) is 79.3 Å². The van der Waals surface area contributed by atoms with Crippen molar-refractivity contribution in [2.45, 2.75) is 6.92 Å². The fourth-order valence-electron chi connectivity index (χ4n) is 1.56. The predicted octanol–water partition coefficient (Wildman–Crippen LogP) is 3.93. The molecule has 0 fully saturated rings. The molecule has 0 radical (unpaired) electrons. The zero-order valence-electron chi connectivity index (χ0n) is 10.1. The number of carbonyl (C=O) groups excluding carboxylic acids is 1. The minimum atomic E-state index is -1.12. The van der Waals surface area contributed by atoms with E-state index in [1.807, 2.05) is 0 Å². The van der Waals surface area contributed by atoms with Gasteiger partial charge in [-0.05, 0) is 35.0 Å². The summed E-state index contributed by atoms with van der Waals surface area (Å²) in [5, 5.41) is 11.8. The van der Waals surface area contributed by atoms with Crippen molar-refractivity contribution < 1.29 is 14.7 Å². The minimum Gasteiger partial charge on any atom is -0.478 e. The van der Waals surface area contributed by atoms with Crippen LogP contribution in [0.25, 0.3) is 0 Å². The fourth-order valence-corrected chi connectivity index (χ4v) is 3.58. The monoisotopic (exact) mass is 418 g/mol. The molecule has 1 heterocycles. The standard InChI is InChI=1S/C12H8Br2N2O3S/c1-5-10(20-4-15-5)11(17)16-9-7(12(18)19)2-6(13)3-8(9)14/h2-4H,1H3,(H,16,17)(H,18,19). The van der Waals surface area contributed by atoms with Gasteiger partial charge in [0, 0.05) is 8.95 Å². The molecule has 0 unspecified atom stereocenters. The van der Waals surface area contributed by atoms with Crippen LogP contribution in [-0.2, 0) is 0 Å². The van der Waals surface area contributed by atoms with Gasteiger partial charge < -0.3 is 10.4 Å². The van der Waals surface area contributed by atoms with Crippen LogP contribution in [0.4, 0.5) is 5.69 Å². The quantitative estimate of drug-likeness (QED) is 0.789. The summed E-state index contributed by atoms with van der Waals surface area (Å²) in [5.41, 5.74) is 2.40. The van der Waals surface area contributed by atoms with E-state index < -0.39 is 5.97 Å². The van der Waals surface area contributed by atoms with E-state index in [2.05, 4.69) is 42.2 Å². The second kappa shape index (κ2) is 6.02. The average molecular weight is 420 g/mol. The van der Waals surface area contributed by atoms with Crippen molar-refractivity contribution in [2.24, 2.45) is 0 Å². The maximum absolute atomic E-state index is 12.1. The maximum atomic E-state index is 12.1. The van der Waals surface area contributed by atoms with Crippen molar-refractivity contribution in [3.8, 4) is 0 Å². The van der Waals surface area contributed by atoms with E-state index in [9.17, 15) is 14.7 Å². The number of halogens is 2. The van der Waals surface area contributed by atoms with Crippen LogP contribution in [-0.4, -0.2) is 22.0 Å². The van der Waals surface area contributed by atoms with Crippen LogP contribution in [0.5, 0.6) is 0 Å². The summed E-state index contributed by atoms with van der Waals surface area (Å²) in [7, 11) is 0. The number of nitrogens with zero attached hydrogens (tertiary/aromatic N) is 1. The Morgan fingerprint density at radius 3 is 2.60 bits per heavy atom. The second-order valence-corrected chi connectivity index (χ2v) is 6.46. The first-order valence-electron chi connectivity index (χ1n) is 5.34. The minimum absolute atomic E-state index is 0.00164.